The van der Waals surface area contributed by atoms with E-state index in [0.29, 0.717) is 6.04 Å². The van der Waals surface area contributed by atoms with Crippen LogP contribution in [0.15, 0.2) is 0 Å². The Hall–Kier alpha value is -0.610. The molecule has 1 aliphatic heterocycles. The number of hydrogen-bond acceptors (Lipinski definition) is 3. The highest BCUT2D eigenvalue weighted by molar-refractivity contribution is 5.85. The number of carbonyl (C=O) groups excluding carboxylic acids is 1. The lowest BCUT2D eigenvalue weighted by molar-refractivity contribution is -0.138. The fourth-order valence-corrected chi connectivity index (χ4v) is 2.06. The van der Waals surface area contributed by atoms with Gasteiger partial charge in [-0.1, -0.05) is 0 Å². The van der Waals surface area contributed by atoms with Crippen LogP contribution in [-0.4, -0.2) is 61.5 Å². The monoisotopic (exact) mass is 227 g/mol. The van der Waals surface area contributed by atoms with Gasteiger partial charge in [-0.25, -0.2) is 0 Å². The lowest BCUT2D eigenvalue weighted by Crippen LogP contribution is -2.57. The summed E-state index contributed by atoms with van der Waals surface area (Å²) in [4.78, 5) is 16.5. The van der Waals surface area contributed by atoms with E-state index in [4.69, 9.17) is 0 Å². The molecule has 1 saturated heterocycles. The van der Waals surface area contributed by atoms with Crippen molar-refractivity contribution in [3.8, 4) is 0 Å². The van der Waals surface area contributed by atoms with Crippen molar-refractivity contribution in [3.05, 3.63) is 0 Å². The van der Waals surface area contributed by atoms with Crippen molar-refractivity contribution in [1.29, 1.82) is 0 Å². The lowest BCUT2D eigenvalue weighted by Gasteiger charge is -2.39. The summed E-state index contributed by atoms with van der Waals surface area (Å²) in [6.45, 7) is 5.63. The molecule has 1 heterocycles. The average Bonchev–Trinajstić information content (AvgIpc) is 2.28. The number of likely N-dealkylation sites (N-methyl/N-ethyl adjacent to an activating group) is 2. The first-order valence-electron chi connectivity index (χ1n) is 6.03. The molecule has 1 N–H and O–H groups in total. The smallest absolute Gasteiger partial charge is 0.242 e. The third-order valence-corrected chi connectivity index (χ3v) is 3.57. The standard InChI is InChI=1S/C12H25N3O/c1-12(2,13-3)11(16)15-8-6-7-10(9-15)14(4)5/h10,13H,6-9H2,1-5H3. The third kappa shape index (κ3) is 2.95. The fourth-order valence-electron chi connectivity index (χ4n) is 2.06. The molecular weight excluding hydrogens is 202 g/mol. The number of hydrogen-bond donors (Lipinski definition) is 1. The van der Waals surface area contributed by atoms with Crippen LogP contribution in [0.25, 0.3) is 0 Å². The van der Waals surface area contributed by atoms with Gasteiger partial charge in [0.2, 0.25) is 5.91 Å². The molecule has 4 nitrogen and oxygen atoms in total. The van der Waals surface area contributed by atoms with Gasteiger partial charge >= 0.3 is 0 Å². The Bertz CT molecular complexity index is 251. The van der Waals surface area contributed by atoms with Gasteiger partial charge in [0, 0.05) is 19.1 Å². The van der Waals surface area contributed by atoms with Crippen molar-refractivity contribution < 1.29 is 4.79 Å². The normalized spacial score (nSPS) is 22.6. The van der Waals surface area contributed by atoms with Crippen molar-refractivity contribution in [2.45, 2.75) is 38.3 Å². The van der Waals surface area contributed by atoms with E-state index >= 15 is 0 Å². The van der Waals surface area contributed by atoms with Crippen LogP contribution < -0.4 is 5.32 Å². The number of carbonyl (C=O) groups is 1. The third-order valence-electron chi connectivity index (χ3n) is 3.57. The van der Waals surface area contributed by atoms with Crippen LogP contribution in [0.2, 0.25) is 0 Å². The Morgan fingerprint density at radius 2 is 2.06 bits per heavy atom. The van der Waals surface area contributed by atoms with Crippen LogP contribution in [0.1, 0.15) is 26.7 Å². The van der Waals surface area contributed by atoms with E-state index in [0.717, 1.165) is 19.5 Å². The largest absolute Gasteiger partial charge is 0.340 e. The molecule has 4 heteroatoms. The maximum atomic E-state index is 12.3. The molecular formula is C12H25N3O. The van der Waals surface area contributed by atoms with Gasteiger partial charge in [-0.3, -0.25) is 4.79 Å². The van der Waals surface area contributed by atoms with Crippen LogP contribution in [0, 0.1) is 0 Å². The summed E-state index contributed by atoms with van der Waals surface area (Å²) in [5, 5.41) is 3.08. The summed E-state index contributed by atoms with van der Waals surface area (Å²) in [5.74, 6) is 0.210. The molecule has 0 spiro atoms. The highest BCUT2D eigenvalue weighted by atomic mass is 16.2. The molecule has 1 rings (SSSR count). The molecule has 0 aliphatic carbocycles. The van der Waals surface area contributed by atoms with E-state index in [2.05, 4.69) is 24.3 Å². The minimum atomic E-state index is -0.450. The number of piperidine rings is 1. The summed E-state index contributed by atoms with van der Waals surface area (Å²) in [7, 11) is 6.01. The molecule has 0 radical (unpaired) electrons. The molecule has 1 atom stereocenters. The van der Waals surface area contributed by atoms with Crippen molar-refractivity contribution in [2.75, 3.05) is 34.2 Å². The quantitative estimate of drug-likeness (QED) is 0.764. The second-order valence-corrected chi connectivity index (χ2v) is 5.39. The van der Waals surface area contributed by atoms with E-state index in [9.17, 15) is 4.79 Å². The number of rotatable bonds is 3. The minimum absolute atomic E-state index is 0.210. The predicted molar refractivity (Wildman–Crippen MR) is 66.4 cm³/mol. The molecule has 0 aromatic carbocycles. The van der Waals surface area contributed by atoms with Crippen LogP contribution in [-0.2, 0) is 4.79 Å². The topological polar surface area (TPSA) is 35.6 Å². The Labute approximate surface area is 99.0 Å². The second-order valence-electron chi connectivity index (χ2n) is 5.39. The number of nitrogens with zero attached hydrogens (tertiary/aromatic N) is 2. The van der Waals surface area contributed by atoms with Gasteiger partial charge in [-0.15, -0.1) is 0 Å². The summed E-state index contributed by atoms with van der Waals surface area (Å²) in [6.07, 6.45) is 2.30. The maximum Gasteiger partial charge on any atom is 0.242 e. The first-order chi connectivity index (χ1) is 7.38. The Morgan fingerprint density at radius 3 is 2.56 bits per heavy atom. The maximum absolute atomic E-state index is 12.3. The van der Waals surface area contributed by atoms with E-state index in [-0.39, 0.29) is 5.91 Å². The van der Waals surface area contributed by atoms with Crippen molar-refractivity contribution in [1.82, 2.24) is 15.1 Å². The van der Waals surface area contributed by atoms with E-state index in [1.807, 2.05) is 25.8 Å². The number of likely N-dealkylation sites (tertiary alicyclic amines) is 1. The molecule has 1 amide bonds. The van der Waals surface area contributed by atoms with Crippen LogP contribution in [0.3, 0.4) is 0 Å². The molecule has 0 saturated carbocycles. The number of amides is 1. The Kier molecular flexibility index (Phi) is 4.33. The van der Waals surface area contributed by atoms with Crippen molar-refractivity contribution in [2.24, 2.45) is 0 Å². The molecule has 1 fully saturated rings. The van der Waals surface area contributed by atoms with Gasteiger partial charge in [0.25, 0.3) is 0 Å². The van der Waals surface area contributed by atoms with Gasteiger partial charge < -0.3 is 15.1 Å². The van der Waals surface area contributed by atoms with E-state index < -0.39 is 5.54 Å². The molecule has 0 aromatic rings. The summed E-state index contributed by atoms with van der Waals surface area (Å²) < 4.78 is 0. The zero-order valence-corrected chi connectivity index (χ0v) is 11.2. The lowest BCUT2D eigenvalue weighted by atomic mass is 9.99. The SMILES string of the molecule is CNC(C)(C)C(=O)N1CCCC(N(C)C)C1. The van der Waals surface area contributed by atoms with Crippen molar-refractivity contribution in [3.63, 3.8) is 0 Å². The molecule has 0 bridgehead atoms. The average molecular weight is 227 g/mol. The highest BCUT2D eigenvalue weighted by Gasteiger charge is 2.33. The second kappa shape index (κ2) is 5.15. The van der Waals surface area contributed by atoms with Gasteiger partial charge in [0.1, 0.15) is 0 Å². The Balaban J connectivity index is 2.64. The Morgan fingerprint density at radius 1 is 1.44 bits per heavy atom. The molecule has 1 aliphatic rings. The van der Waals surface area contributed by atoms with Gasteiger partial charge in [0.15, 0.2) is 0 Å². The highest BCUT2D eigenvalue weighted by Crippen LogP contribution is 2.17. The van der Waals surface area contributed by atoms with E-state index in [1.165, 1.54) is 6.42 Å². The zero-order chi connectivity index (χ0) is 12.3. The molecule has 16 heavy (non-hydrogen) atoms. The summed E-state index contributed by atoms with van der Waals surface area (Å²) in [5.41, 5.74) is -0.450. The van der Waals surface area contributed by atoms with Gasteiger partial charge in [-0.05, 0) is 47.8 Å². The number of nitrogens with one attached hydrogen (secondary N) is 1. The van der Waals surface area contributed by atoms with Crippen LogP contribution in [0.5, 0.6) is 0 Å². The van der Waals surface area contributed by atoms with Gasteiger partial charge in [-0.2, -0.15) is 0 Å². The fraction of sp³-hybridized carbons (Fsp3) is 0.917. The summed E-state index contributed by atoms with van der Waals surface area (Å²) in [6, 6.07) is 0.505. The summed E-state index contributed by atoms with van der Waals surface area (Å²) >= 11 is 0. The van der Waals surface area contributed by atoms with Gasteiger partial charge in [0.05, 0.1) is 5.54 Å². The van der Waals surface area contributed by atoms with Crippen molar-refractivity contribution >= 4 is 5.91 Å². The first kappa shape index (κ1) is 13.5. The first-order valence-corrected chi connectivity index (χ1v) is 6.03. The molecule has 94 valence electrons. The minimum Gasteiger partial charge on any atom is -0.340 e. The van der Waals surface area contributed by atoms with Crippen LogP contribution >= 0.6 is 0 Å². The zero-order valence-electron chi connectivity index (χ0n) is 11.2. The molecule has 1 unspecified atom stereocenters. The predicted octanol–water partition coefficient (Wildman–Crippen LogP) is 0.537. The van der Waals surface area contributed by atoms with E-state index in [1.54, 1.807) is 0 Å². The van der Waals surface area contributed by atoms with Crippen LogP contribution in [0.4, 0.5) is 0 Å². The molecule has 0 aromatic heterocycles.